The average molecular weight is 328 g/mol. The lowest BCUT2D eigenvalue weighted by Crippen LogP contribution is -2.43. The average Bonchev–Trinajstić information content (AvgIpc) is 2.49. The van der Waals surface area contributed by atoms with E-state index in [1.807, 2.05) is 0 Å². The Labute approximate surface area is 130 Å². The van der Waals surface area contributed by atoms with Gasteiger partial charge in [0.2, 0.25) is 0 Å². The van der Waals surface area contributed by atoms with Crippen LogP contribution in [0.4, 0.5) is 0 Å². The summed E-state index contributed by atoms with van der Waals surface area (Å²) >= 11 is 0. The van der Waals surface area contributed by atoms with E-state index >= 15 is 0 Å². The van der Waals surface area contributed by atoms with Gasteiger partial charge < -0.3 is 20.3 Å². The second-order valence-electron chi connectivity index (χ2n) is 4.81. The van der Waals surface area contributed by atoms with Crippen LogP contribution in [0.15, 0.2) is 28.3 Å². The summed E-state index contributed by atoms with van der Waals surface area (Å²) < 4.78 is 31.8. The lowest BCUT2D eigenvalue weighted by molar-refractivity contribution is -0.117. The summed E-state index contributed by atoms with van der Waals surface area (Å²) in [6, 6.07) is 0. The molecule has 0 radical (unpaired) electrons. The quantitative estimate of drug-likeness (QED) is 0.572. The van der Waals surface area contributed by atoms with Crippen LogP contribution in [-0.4, -0.2) is 70.7 Å². The first-order valence-corrected chi connectivity index (χ1v) is 8.60. The molecule has 122 valence electrons. The number of methoxy groups -OCH3 is 1. The van der Waals surface area contributed by atoms with Crippen LogP contribution in [0, 0.1) is 0 Å². The van der Waals surface area contributed by atoms with Crippen molar-refractivity contribution in [3.05, 3.63) is 23.9 Å². The summed E-state index contributed by atoms with van der Waals surface area (Å²) in [6.07, 6.45) is 5.00. The van der Waals surface area contributed by atoms with E-state index < -0.39 is 10.0 Å². The number of amides is 1. The molecular weight excluding hydrogens is 308 g/mol. The molecule has 0 aromatic heterocycles. The molecule has 0 aliphatic carbocycles. The topological polar surface area (TPSA) is 100 Å². The maximum atomic E-state index is 12.2. The molecule has 2 aliphatic rings. The third-order valence-corrected chi connectivity index (χ3v) is 4.32. The van der Waals surface area contributed by atoms with E-state index in [1.165, 1.54) is 0 Å². The highest BCUT2D eigenvalue weighted by Gasteiger charge is 2.29. The van der Waals surface area contributed by atoms with Gasteiger partial charge >= 0.3 is 0 Å². The second kappa shape index (κ2) is 7.52. The standard InChI is InChI=1S/C13H20N4O4S/c1-21-9-6-14-4-5-15-13(18)11-3-2-7-17-8-10-22(19,20)16-12(11)17/h2-3,7,14H,4-6,8-10H2,1H3,(H,15,18). The molecule has 2 rings (SSSR count). The zero-order valence-corrected chi connectivity index (χ0v) is 13.2. The molecule has 1 amide bonds. The minimum absolute atomic E-state index is 0.0425. The predicted octanol–water partition coefficient (Wildman–Crippen LogP) is -1.16. The largest absolute Gasteiger partial charge is 0.383 e. The molecule has 0 aromatic rings. The van der Waals surface area contributed by atoms with Crippen molar-refractivity contribution < 1.29 is 17.9 Å². The highest BCUT2D eigenvalue weighted by Crippen LogP contribution is 2.17. The Hall–Kier alpha value is -1.71. The van der Waals surface area contributed by atoms with Crippen LogP contribution in [0.2, 0.25) is 0 Å². The fourth-order valence-electron chi connectivity index (χ4n) is 2.05. The number of rotatable bonds is 7. The molecule has 2 N–H and O–H groups in total. The maximum absolute atomic E-state index is 12.2. The van der Waals surface area contributed by atoms with Gasteiger partial charge in [-0.1, -0.05) is 0 Å². The van der Waals surface area contributed by atoms with Crippen molar-refractivity contribution in [3.63, 3.8) is 0 Å². The third kappa shape index (κ3) is 4.39. The fraction of sp³-hybridized carbons (Fsp3) is 0.538. The first-order valence-electron chi connectivity index (χ1n) is 6.99. The van der Waals surface area contributed by atoms with Crippen LogP contribution < -0.4 is 10.6 Å². The molecule has 0 spiro atoms. The summed E-state index contributed by atoms with van der Waals surface area (Å²) in [6.45, 7) is 2.65. The molecule has 0 atom stereocenters. The number of ether oxygens (including phenoxy) is 1. The van der Waals surface area contributed by atoms with Crippen LogP contribution >= 0.6 is 0 Å². The normalized spacial score (nSPS) is 19.2. The van der Waals surface area contributed by atoms with Gasteiger partial charge in [-0.3, -0.25) is 4.79 Å². The van der Waals surface area contributed by atoms with Gasteiger partial charge in [0.25, 0.3) is 15.9 Å². The van der Waals surface area contributed by atoms with E-state index in [9.17, 15) is 13.2 Å². The van der Waals surface area contributed by atoms with E-state index in [2.05, 4.69) is 15.0 Å². The van der Waals surface area contributed by atoms with E-state index in [0.29, 0.717) is 32.8 Å². The van der Waals surface area contributed by atoms with Crippen molar-refractivity contribution >= 4 is 21.8 Å². The van der Waals surface area contributed by atoms with Crippen molar-refractivity contribution in [2.75, 3.05) is 45.6 Å². The number of nitrogens with one attached hydrogen (secondary N) is 2. The molecule has 0 saturated heterocycles. The molecule has 2 aliphatic heterocycles. The van der Waals surface area contributed by atoms with Gasteiger partial charge in [-0.2, -0.15) is 0 Å². The molecule has 0 fully saturated rings. The number of carbonyl (C=O) groups is 1. The highest BCUT2D eigenvalue weighted by molar-refractivity contribution is 7.90. The number of sulfonamides is 1. The molecule has 0 aromatic carbocycles. The van der Waals surface area contributed by atoms with E-state index in [4.69, 9.17) is 4.74 Å². The van der Waals surface area contributed by atoms with Crippen molar-refractivity contribution in [1.82, 2.24) is 15.5 Å². The Morgan fingerprint density at radius 2 is 2.23 bits per heavy atom. The molecule has 0 saturated carbocycles. The number of hydrogen-bond donors (Lipinski definition) is 2. The summed E-state index contributed by atoms with van der Waals surface area (Å²) in [4.78, 5) is 13.9. The van der Waals surface area contributed by atoms with Crippen molar-refractivity contribution in [2.24, 2.45) is 4.40 Å². The number of fused-ring (bicyclic) bond motifs is 1. The van der Waals surface area contributed by atoms with Gasteiger partial charge in [0.05, 0.1) is 17.9 Å². The Balaban J connectivity index is 1.93. The predicted molar refractivity (Wildman–Crippen MR) is 82.9 cm³/mol. The molecule has 2 heterocycles. The Morgan fingerprint density at radius 1 is 1.41 bits per heavy atom. The minimum Gasteiger partial charge on any atom is -0.383 e. The molecule has 8 nitrogen and oxygen atoms in total. The van der Waals surface area contributed by atoms with Crippen LogP contribution in [0.3, 0.4) is 0 Å². The number of carbonyl (C=O) groups excluding carboxylic acids is 1. The first-order chi connectivity index (χ1) is 10.5. The van der Waals surface area contributed by atoms with Gasteiger partial charge in [-0.15, -0.1) is 4.40 Å². The summed E-state index contributed by atoms with van der Waals surface area (Å²) in [7, 11) is -1.87. The molecular formula is C13H20N4O4S. The van der Waals surface area contributed by atoms with Crippen molar-refractivity contribution in [1.29, 1.82) is 0 Å². The summed E-state index contributed by atoms with van der Waals surface area (Å²) in [5.41, 5.74) is 0.266. The number of allylic oxidation sites excluding steroid dienone is 2. The smallest absolute Gasteiger partial charge is 0.256 e. The van der Waals surface area contributed by atoms with Gasteiger partial charge in [0.15, 0.2) is 5.84 Å². The Kier molecular flexibility index (Phi) is 5.69. The molecule has 22 heavy (non-hydrogen) atoms. The van der Waals surface area contributed by atoms with Crippen LogP contribution in [-0.2, 0) is 19.6 Å². The van der Waals surface area contributed by atoms with Crippen molar-refractivity contribution in [3.8, 4) is 0 Å². The highest BCUT2D eigenvalue weighted by atomic mass is 32.2. The number of hydrogen-bond acceptors (Lipinski definition) is 6. The van der Waals surface area contributed by atoms with Crippen LogP contribution in [0.5, 0.6) is 0 Å². The lowest BCUT2D eigenvalue weighted by atomic mass is 10.1. The van der Waals surface area contributed by atoms with Gasteiger partial charge in [-0.05, 0) is 12.2 Å². The number of nitrogens with zero attached hydrogens (tertiary/aromatic N) is 2. The molecule has 9 heteroatoms. The number of amidine groups is 1. The van der Waals surface area contributed by atoms with Crippen LogP contribution in [0.25, 0.3) is 0 Å². The maximum Gasteiger partial charge on any atom is 0.256 e. The minimum atomic E-state index is -3.49. The van der Waals surface area contributed by atoms with E-state index in [1.54, 1.807) is 30.4 Å². The van der Waals surface area contributed by atoms with Gasteiger partial charge in [-0.25, -0.2) is 8.42 Å². The molecule has 0 bridgehead atoms. The van der Waals surface area contributed by atoms with Crippen LogP contribution in [0.1, 0.15) is 0 Å². The second-order valence-corrected chi connectivity index (χ2v) is 6.57. The first kappa shape index (κ1) is 16.7. The third-order valence-electron chi connectivity index (χ3n) is 3.17. The molecule has 0 unspecified atom stereocenters. The Bertz CT molecular complexity index is 610. The zero-order valence-electron chi connectivity index (χ0n) is 12.4. The SMILES string of the molecule is COCCNCCNC(=O)C1=CC=CN2CCS(=O)(=O)N=C12. The zero-order chi connectivity index (χ0) is 16.0. The lowest BCUT2D eigenvalue weighted by Gasteiger charge is -2.28. The van der Waals surface area contributed by atoms with E-state index in [-0.39, 0.29) is 23.1 Å². The fourth-order valence-corrected chi connectivity index (χ4v) is 3.04. The monoisotopic (exact) mass is 328 g/mol. The Morgan fingerprint density at radius 3 is 3.00 bits per heavy atom. The summed E-state index contributed by atoms with van der Waals surface area (Å²) in [5, 5.41) is 5.85. The van der Waals surface area contributed by atoms with Gasteiger partial charge in [0, 0.05) is 39.5 Å². The van der Waals surface area contributed by atoms with E-state index in [0.717, 1.165) is 0 Å². The van der Waals surface area contributed by atoms with Crippen molar-refractivity contribution in [2.45, 2.75) is 0 Å². The summed E-state index contributed by atoms with van der Waals surface area (Å²) in [5.74, 6) is -0.184. The van der Waals surface area contributed by atoms with Gasteiger partial charge in [0.1, 0.15) is 0 Å².